The molecule has 1 N–H and O–H groups in total. The number of rotatable bonds is 1. The third-order valence-corrected chi connectivity index (χ3v) is 2.24. The van der Waals surface area contributed by atoms with Crippen LogP contribution in [0.25, 0.3) is 0 Å². The first-order chi connectivity index (χ1) is 4.30. The minimum absolute atomic E-state index is 0.0706. The van der Waals surface area contributed by atoms with Crippen molar-refractivity contribution in [2.45, 2.75) is 0 Å². The topological polar surface area (TPSA) is 46.5 Å². The van der Waals surface area contributed by atoms with Crippen molar-refractivity contribution in [3.63, 3.8) is 0 Å². The summed E-state index contributed by atoms with van der Waals surface area (Å²) in [4.78, 5) is 10.3. The molecule has 0 radical (unpaired) electrons. The van der Waals surface area contributed by atoms with Crippen LogP contribution in [0.4, 0.5) is 0 Å². The fraction of sp³-hybridized carbons (Fsp3) is 0.833. The van der Waals surface area contributed by atoms with Crippen LogP contribution in [0.5, 0.6) is 0 Å². The summed E-state index contributed by atoms with van der Waals surface area (Å²) in [6.45, 7) is 1.34. The average molecular weight is 128 g/mol. The average Bonchev–Trinajstić information content (AvgIpc) is 2.30. The minimum atomic E-state index is -0.645. The van der Waals surface area contributed by atoms with E-state index in [2.05, 4.69) is 0 Å². The summed E-state index contributed by atoms with van der Waals surface area (Å²) >= 11 is 0. The highest BCUT2D eigenvalue weighted by Gasteiger charge is 2.58. The summed E-state index contributed by atoms with van der Waals surface area (Å²) in [6, 6.07) is 0. The molecule has 3 heteroatoms. The molecule has 1 unspecified atom stereocenters. The van der Waals surface area contributed by atoms with Crippen LogP contribution in [0, 0.1) is 17.8 Å². The van der Waals surface area contributed by atoms with Crippen LogP contribution in [0.2, 0.25) is 0 Å². The molecular formula is C6H8O3. The van der Waals surface area contributed by atoms with E-state index in [1.807, 2.05) is 0 Å². The van der Waals surface area contributed by atoms with Crippen LogP contribution in [0.1, 0.15) is 0 Å². The second-order valence-electron chi connectivity index (χ2n) is 2.73. The zero-order valence-corrected chi connectivity index (χ0v) is 4.91. The molecule has 0 aromatic heterocycles. The first-order valence-corrected chi connectivity index (χ1v) is 3.11. The molecule has 1 aliphatic heterocycles. The van der Waals surface area contributed by atoms with Crippen molar-refractivity contribution in [2.75, 3.05) is 13.2 Å². The zero-order chi connectivity index (χ0) is 6.43. The second kappa shape index (κ2) is 1.48. The van der Waals surface area contributed by atoms with Gasteiger partial charge in [0, 0.05) is 11.8 Å². The van der Waals surface area contributed by atoms with Gasteiger partial charge in [-0.05, 0) is 0 Å². The number of hydrogen-bond donors (Lipinski definition) is 1. The van der Waals surface area contributed by atoms with Crippen LogP contribution < -0.4 is 0 Å². The molecule has 0 aromatic rings. The zero-order valence-electron chi connectivity index (χ0n) is 4.91. The fourth-order valence-corrected chi connectivity index (χ4v) is 1.61. The number of carboxylic acids is 1. The monoisotopic (exact) mass is 128 g/mol. The lowest BCUT2D eigenvalue weighted by atomic mass is 10.3. The normalized spacial score (nSPS) is 46.4. The Bertz CT molecular complexity index is 144. The van der Waals surface area contributed by atoms with E-state index in [1.165, 1.54) is 0 Å². The van der Waals surface area contributed by atoms with Gasteiger partial charge in [0.05, 0.1) is 19.1 Å². The third-order valence-electron chi connectivity index (χ3n) is 2.24. The van der Waals surface area contributed by atoms with E-state index in [9.17, 15) is 4.79 Å². The third kappa shape index (κ3) is 0.580. The first kappa shape index (κ1) is 5.23. The molecule has 0 amide bonds. The summed E-state index contributed by atoms with van der Waals surface area (Å²) in [6.07, 6.45) is 0. The van der Waals surface area contributed by atoms with Crippen molar-refractivity contribution in [1.29, 1.82) is 0 Å². The Hall–Kier alpha value is -0.570. The molecule has 1 aliphatic carbocycles. The molecule has 1 saturated carbocycles. The summed E-state index contributed by atoms with van der Waals surface area (Å²) in [5.41, 5.74) is 0. The van der Waals surface area contributed by atoms with Gasteiger partial charge in [-0.15, -0.1) is 0 Å². The number of aliphatic carboxylic acids is 1. The lowest BCUT2D eigenvalue weighted by Gasteiger charge is -1.96. The number of fused-ring (bicyclic) bond motifs is 1. The van der Waals surface area contributed by atoms with Crippen LogP contribution >= 0.6 is 0 Å². The van der Waals surface area contributed by atoms with Crippen molar-refractivity contribution >= 4 is 5.97 Å². The Morgan fingerprint density at radius 1 is 1.44 bits per heavy atom. The summed E-state index contributed by atoms with van der Waals surface area (Å²) < 4.78 is 5.02. The smallest absolute Gasteiger partial charge is 0.307 e. The van der Waals surface area contributed by atoms with Gasteiger partial charge < -0.3 is 9.84 Å². The highest BCUT2D eigenvalue weighted by Crippen LogP contribution is 2.50. The Balaban J connectivity index is 2.02. The quantitative estimate of drug-likeness (QED) is 0.539. The van der Waals surface area contributed by atoms with Gasteiger partial charge in [0.15, 0.2) is 0 Å². The van der Waals surface area contributed by atoms with Crippen molar-refractivity contribution in [3.05, 3.63) is 0 Å². The standard InChI is InChI=1S/C6H8O3/c7-6(8)5-3-1-9-2-4(3)5/h3-5H,1-2H2,(H,7,8)/t3-,4?,5-/m1/s1. The fourth-order valence-electron chi connectivity index (χ4n) is 1.61. The lowest BCUT2D eigenvalue weighted by Crippen LogP contribution is -2.07. The van der Waals surface area contributed by atoms with Gasteiger partial charge in [0.2, 0.25) is 0 Å². The van der Waals surface area contributed by atoms with E-state index >= 15 is 0 Å². The summed E-state index contributed by atoms with van der Waals surface area (Å²) in [7, 11) is 0. The summed E-state index contributed by atoms with van der Waals surface area (Å²) in [5.74, 6) is -0.0166. The Morgan fingerprint density at radius 3 is 2.33 bits per heavy atom. The maximum absolute atomic E-state index is 10.3. The van der Waals surface area contributed by atoms with Gasteiger partial charge in [-0.3, -0.25) is 4.79 Å². The number of carboxylic acid groups (broad SMARTS) is 1. The molecule has 3 nitrogen and oxygen atoms in total. The second-order valence-corrected chi connectivity index (χ2v) is 2.73. The van der Waals surface area contributed by atoms with Gasteiger partial charge in [0.1, 0.15) is 0 Å². The van der Waals surface area contributed by atoms with Gasteiger partial charge >= 0.3 is 5.97 Å². The SMILES string of the molecule is O=C(O)[C@H]1C2COC[C@H]21. The van der Waals surface area contributed by atoms with Gasteiger partial charge in [-0.2, -0.15) is 0 Å². The van der Waals surface area contributed by atoms with E-state index < -0.39 is 5.97 Å². The number of hydrogen-bond acceptors (Lipinski definition) is 2. The van der Waals surface area contributed by atoms with E-state index in [-0.39, 0.29) is 5.92 Å². The molecule has 50 valence electrons. The number of carbonyl (C=O) groups is 1. The maximum atomic E-state index is 10.3. The van der Waals surface area contributed by atoms with Crippen molar-refractivity contribution in [1.82, 2.24) is 0 Å². The Morgan fingerprint density at radius 2 is 2.00 bits per heavy atom. The van der Waals surface area contributed by atoms with E-state index in [0.29, 0.717) is 25.0 Å². The molecule has 0 aromatic carbocycles. The Kier molecular flexibility index (Phi) is 0.858. The molecule has 2 fully saturated rings. The first-order valence-electron chi connectivity index (χ1n) is 3.11. The van der Waals surface area contributed by atoms with Crippen molar-refractivity contribution in [3.8, 4) is 0 Å². The van der Waals surface area contributed by atoms with Crippen LogP contribution in [-0.4, -0.2) is 24.3 Å². The summed E-state index contributed by atoms with van der Waals surface area (Å²) in [5, 5.41) is 8.50. The highest BCUT2D eigenvalue weighted by atomic mass is 16.5. The van der Waals surface area contributed by atoms with Crippen molar-refractivity contribution < 1.29 is 14.6 Å². The van der Waals surface area contributed by atoms with Crippen LogP contribution in [0.3, 0.4) is 0 Å². The predicted molar refractivity (Wildman–Crippen MR) is 28.9 cm³/mol. The van der Waals surface area contributed by atoms with Crippen LogP contribution in [0.15, 0.2) is 0 Å². The molecule has 2 rings (SSSR count). The molecule has 0 bridgehead atoms. The molecule has 3 atom stereocenters. The van der Waals surface area contributed by atoms with Gasteiger partial charge in [0.25, 0.3) is 0 Å². The molecule has 1 heterocycles. The predicted octanol–water partition coefficient (Wildman–Crippen LogP) is -0.0366. The maximum Gasteiger partial charge on any atom is 0.307 e. The minimum Gasteiger partial charge on any atom is -0.481 e. The van der Waals surface area contributed by atoms with E-state index in [0.717, 1.165) is 0 Å². The van der Waals surface area contributed by atoms with E-state index in [4.69, 9.17) is 9.84 Å². The molecule has 0 spiro atoms. The molecular weight excluding hydrogens is 120 g/mol. The molecule has 1 saturated heterocycles. The van der Waals surface area contributed by atoms with Crippen molar-refractivity contribution in [2.24, 2.45) is 17.8 Å². The van der Waals surface area contributed by atoms with Gasteiger partial charge in [-0.25, -0.2) is 0 Å². The Labute approximate surface area is 52.6 Å². The lowest BCUT2D eigenvalue weighted by molar-refractivity contribution is -0.140. The van der Waals surface area contributed by atoms with Gasteiger partial charge in [-0.1, -0.05) is 0 Å². The molecule has 2 aliphatic rings. The largest absolute Gasteiger partial charge is 0.481 e. The molecule has 9 heavy (non-hydrogen) atoms. The highest BCUT2D eigenvalue weighted by molar-refractivity contribution is 5.74. The van der Waals surface area contributed by atoms with Crippen LogP contribution in [-0.2, 0) is 9.53 Å². The number of ether oxygens (including phenoxy) is 1. The van der Waals surface area contributed by atoms with E-state index in [1.54, 1.807) is 0 Å².